The second-order valence-electron chi connectivity index (χ2n) is 6.60. The van der Waals surface area contributed by atoms with Crippen molar-refractivity contribution in [2.75, 3.05) is 12.0 Å². The molecule has 0 saturated carbocycles. The second kappa shape index (κ2) is 7.44. The van der Waals surface area contributed by atoms with E-state index in [9.17, 15) is 4.79 Å². The summed E-state index contributed by atoms with van der Waals surface area (Å²) in [5, 5.41) is 13.1. The van der Waals surface area contributed by atoms with E-state index in [1.54, 1.807) is 29.1 Å². The van der Waals surface area contributed by atoms with Crippen molar-refractivity contribution in [1.29, 1.82) is 5.26 Å². The molecule has 0 spiro atoms. The Hall–Kier alpha value is -3.43. The molecule has 1 N–H and O–H groups in total. The number of amides is 1. The van der Waals surface area contributed by atoms with E-state index in [1.807, 2.05) is 18.3 Å². The first kappa shape index (κ1) is 17.0. The molecule has 0 aliphatic carbocycles. The largest absolute Gasteiger partial charge is 0.293 e. The zero-order valence-electron chi connectivity index (χ0n) is 14.8. The maximum absolute atomic E-state index is 12.4. The molecule has 0 bridgehead atoms. The Morgan fingerprint density at radius 3 is 2.63 bits per heavy atom. The highest BCUT2D eigenvalue weighted by atomic mass is 16.2. The molecule has 134 valence electrons. The van der Waals surface area contributed by atoms with Gasteiger partial charge < -0.3 is 0 Å². The Morgan fingerprint density at radius 2 is 1.89 bits per heavy atom. The second-order valence-corrected chi connectivity index (χ2v) is 6.60. The van der Waals surface area contributed by atoms with Crippen LogP contribution in [-0.4, -0.2) is 27.2 Å². The minimum atomic E-state index is -0.242. The monoisotopic (exact) mass is 357 g/mol. The average Bonchev–Trinajstić information content (AvgIpc) is 3.28. The molecule has 1 amide bonds. The summed E-state index contributed by atoms with van der Waals surface area (Å²) in [6, 6.07) is 19.0. The summed E-state index contributed by atoms with van der Waals surface area (Å²) >= 11 is 0. The average molecular weight is 357 g/mol. The lowest BCUT2D eigenvalue weighted by atomic mass is 10.1. The van der Waals surface area contributed by atoms with Gasteiger partial charge in [0.05, 0.1) is 23.5 Å². The molecule has 2 heterocycles. The predicted octanol–water partition coefficient (Wildman–Crippen LogP) is 2.70. The maximum atomic E-state index is 12.4. The molecular weight excluding hydrogens is 338 g/mol. The Morgan fingerprint density at radius 1 is 1.11 bits per heavy atom. The third-order valence-electron chi connectivity index (χ3n) is 4.77. The van der Waals surface area contributed by atoms with Gasteiger partial charge in [-0.3, -0.25) is 9.69 Å². The first-order chi connectivity index (χ1) is 13.2. The molecular formula is C21H19N5O. The summed E-state index contributed by atoms with van der Waals surface area (Å²) in [5.74, 6) is -0.242. The van der Waals surface area contributed by atoms with Gasteiger partial charge in [-0.05, 0) is 36.2 Å². The van der Waals surface area contributed by atoms with Gasteiger partial charge in [0.2, 0.25) is 0 Å². The van der Waals surface area contributed by atoms with E-state index < -0.39 is 0 Å². The number of hydrogen-bond donors (Lipinski definition) is 1. The van der Waals surface area contributed by atoms with Crippen LogP contribution in [0.2, 0.25) is 0 Å². The summed E-state index contributed by atoms with van der Waals surface area (Å²) in [6.45, 7) is 2.56. The fourth-order valence-electron chi connectivity index (χ4n) is 3.26. The molecule has 0 saturated heterocycles. The highest BCUT2D eigenvalue weighted by Gasteiger charge is 2.24. The zero-order valence-corrected chi connectivity index (χ0v) is 14.8. The summed E-state index contributed by atoms with van der Waals surface area (Å²) < 4.78 is 0. The van der Waals surface area contributed by atoms with Gasteiger partial charge in [-0.2, -0.15) is 15.2 Å². The van der Waals surface area contributed by atoms with Crippen LogP contribution >= 0.6 is 0 Å². The van der Waals surface area contributed by atoms with Crippen LogP contribution in [0.15, 0.2) is 60.8 Å². The molecule has 1 aliphatic rings. The molecule has 6 heteroatoms. The summed E-state index contributed by atoms with van der Waals surface area (Å²) in [6.07, 6.45) is 2.81. The number of nitriles is 1. The van der Waals surface area contributed by atoms with Crippen molar-refractivity contribution in [3.63, 3.8) is 0 Å². The van der Waals surface area contributed by atoms with Crippen LogP contribution in [0.5, 0.6) is 0 Å². The zero-order chi connectivity index (χ0) is 18.6. The van der Waals surface area contributed by atoms with E-state index in [2.05, 4.69) is 39.7 Å². The Balaban J connectivity index is 1.38. The number of fused-ring (bicyclic) bond motifs is 1. The molecule has 0 radical (unpaired) electrons. The summed E-state index contributed by atoms with van der Waals surface area (Å²) in [4.78, 5) is 16.4. The van der Waals surface area contributed by atoms with Crippen LogP contribution in [0.25, 0.3) is 0 Å². The van der Waals surface area contributed by atoms with Crippen LogP contribution in [0.1, 0.15) is 32.7 Å². The van der Waals surface area contributed by atoms with Gasteiger partial charge in [-0.15, -0.1) is 0 Å². The lowest BCUT2D eigenvalue weighted by Crippen LogP contribution is -2.27. The van der Waals surface area contributed by atoms with Crippen molar-refractivity contribution in [1.82, 2.24) is 14.8 Å². The van der Waals surface area contributed by atoms with Crippen molar-refractivity contribution in [3.05, 3.63) is 88.7 Å². The Kier molecular flexibility index (Phi) is 4.69. The van der Waals surface area contributed by atoms with E-state index in [0.29, 0.717) is 11.1 Å². The van der Waals surface area contributed by atoms with E-state index in [0.717, 1.165) is 37.3 Å². The maximum Gasteiger partial charge on any atom is 0.271 e. The van der Waals surface area contributed by atoms with Crippen molar-refractivity contribution in [2.24, 2.45) is 0 Å². The van der Waals surface area contributed by atoms with Crippen LogP contribution < -0.4 is 5.43 Å². The number of rotatable bonds is 5. The normalized spacial score (nSPS) is 13.1. The van der Waals surface area contributed by atoms with Crippen LogP contribution in [-0.2, 0) is 19.5 Å². The molecule has 2 aromatic carbocycles. The molecule has 0 atom stereocenters. The number of nitrogens with one attached hydrogen (secondary N) is 1. The van der Waals surface area contributed by atoms with Crippen molar-refractivity contribution >= 4 is 5.91 Å². The number of aromatic nitrogens is 2. The first-order valence-electron chi connectivity index (χ1n) is 8.86. The highest BCUT2D eigenvalue weighted by Crippen LogP contribution is 2.22. The Bertz CT molecular complexity index is 986. The molecule has 3 aromatic rings. The molecule has 4 rings (SSSR count). The van der Waals surface area contributed by atoms with Gasteiger partial charge in [-0.1, -0.05) is 30.3 Å². The number of carbonyl (C=O) groups excluding carboxylic acids is 1. The molecule has 27 heavy (non-hydrogen) atoms. The van der Waals surface area contributed by atoms with Gasteiger partial charge in [0.15, 0.2) is 0 Å². The number of benzene rings is 2. The van der Waals surface area contributed by atoms with Crippen LogP contribution in [0.3, 0.4) is 0 Å². The minimum Gasteiger partial charge on any atom is -0.293 e. The van der Waals surface area contributed by atoms with Crippen LogP contribution in [0.4, 0.5) is 0 Å². The quantitative estimate of drug-likeness (QED) is 0.762. The standard InChI is InChI=1S/C21H19N5O/c22-12-17-6-8-18(9-7-17)21(27)24-26-20-15-25(14-19(20)13-23-26)11-10-16-4-2-1-3-5-16/h1-9,13H,10-11,14-15H2,(H,24,27). The molecule has 1 aromatic heterocycles. The van der Waals surface area contributed by atoms with Crippen molar-refractivity contribution in [2.45, 2.75) is 19.5 Å². The first-order valence-corrected chi connectivity index (χ1v) is 8.86. The molecule has 0 fully saturated rings. The van der Waals surface area contributed by atoms with E-state index in [4.69, 9.17) is 5.26 Å². The summed E-state index contributed by atoms with van der Waals surface area (Å²) in [7, 11) is 0. The summed E-state index contributed by atoms with van der Waals surface area (Å²) in [5.41, 5.74) is 7.34. The number of hydrogen-bond acceptors (Lipinski definition) is 4. The smallest absolute Gasteiger partial charge is 0.271 e. The lowest BCUT2D eigenvalue weighted by molar-refractivity contribution is 0.100. The Labute approximate surface area is 157 Å². The molecule has 0 unspecified atom stereocenters. The lowest BCUT2D eigenvalue weighted by Gasteiger charge is -2.15. The van der Waals surface area contributed by atoms with Crippen LogP contribution in [0, 0.1) is 11.3 Å². The van der Waals surface area contributed by atoms with Gasteiger partial charge in [0.25, 0.3) is 5.91 Å². The van der Waals surface area contributed by atoms with Crippen molar-refractivity contribution < 1.29 is 4.79 Å². The van der Waals surface area contributed by atoms with Gasteiger partial charge in [-0.25, -0.2) is 5.43 Å². The SMILES string of the molecule is N#Cc1ccc(C(=O)Nn2ncc3c2CN(CCc2ccccc2)C3)cc1. The third-order valence-corrected chi connectivity index (χ3v) is 4.77. The molecule has 1 aliphatic heterocycles. The van der Waals surface area contributed by atoms with Gasteiger partial charge in [0, 0.05) is 30.8 Å². The predicted molar refractivity (Wildman–Crippen MR) is 101 cm³/mol. The fourth-order valence-corrected chi connectivity index (χ4v) is 3.26. The van der Waals surface area contributed by atoms with Gasteiger partial charge in [0.1, 0.15) is 0 Å². The van der Waals surface area contributed by atoms with E-state index in [-0.39, 0.29) is 5.91 Å². The molecule has 6 nitrogen and oxygen atoms in total. The minimum absolute atomic E-state index is 0.242. The number of nitrogens with zero attached hydrogens (tertiary/aromatic N) is 4. The van der Waals surface area contributed by atoms with Crippen molar-refractivity contribution in [3.8, 4) is 6.07 Å². The van der Waals surface area contributed by atoms with Gasteiger partial charge >= 0.3 is 0 Å². The number of carbonyl (C=O) groups is 1. The highest BCUT2D eigenvalue weighted by molar-refractivity contribution is 5.99. The fraction of sp³-hybridized carbons (Fsp3) is 0.190. The topological polar surface area (TPSA) is 74.0 Å². The van der Waals surface area contributed by atoms with E-state index in [1.165, 1.54) is 5.56 Å². The van der Waals surface area contributed by atoms with E-state index >= 15 is 0 Å². The third kappa shape index (κ3) is 3.73.